The monoisotopic (exact) mass is 202 g/mol. The van der Waals surface area contributed by atoms with Crippen LogP contribution in [0.25, 0.3) is 11.4 Å². The summed E-state index contributed by atoms with van der Waals surface area (Å²) in [4.78, 5) is 14.8. The smallest absolute Gasteiger partial charge is 0.223 e. The quantitative estimate of drug-likeness (QED) is 0.700. The van der Waals surface area contributed by atoms with Crippen molar-refractivity contribution in [1.29, 1.82) is 0 Å². The fraction of sp³-hybridized carbons (Fsp3) is 0.182. The summed E-state index contributed by atoms with van der Waals surface area (Å²) in [6, 6.07) is 5.49. The third kappa shape index (κ3) is 1.79. The number of carbonyl (C=O) groups excluding carboxylic acids is 1. The minimum atomic E-state index is 0.510. The summed E-state index contributed by atoms with van der Waals surface area (Å²) in [6.45, 7) is 3.61. The van der Waals surface area contributed by atoms with Crippen molar-refractivity contribution in [2.24, 2.45) is 0 Å². The molecule has 0 fully saturated rings. The molecule has 0 saturated heterocycles. The van der Waals surface area contributed by atoms with Crippen LogP contribution in [0.1, 0.15) is 21.8 Å². The summed E-state index contributed by atoms with van der Waals surface area (Å²) in [5, 5.41) is 3.79. The lowest BCUT2D eigenvalue weighted by Gasteiger charge is -1.99. The van der Waals surface area contributed by atoms with Crippen molar-refractivity contribution in [2.45, 2.75) is 13.8 Å². The predicted molar refractivity (Wildman–Crippen MR) is 54.6 cm³/mol. The average Bonchev–Trinajstić information content (AvgIpc) is 2.66. The van der Waals surface area contributed by atoms with Gasteiger partial charge in [-0.3, -0.25) is 4.79 Å². The summed E-state index contributed by atoms with van der Waals surface area (Å²) < 4.78 is 4.87. The van der Waals surface area contributed by atoms with Crippen LogP contribution in [0.15, 0.2) is 22.7 Å². The van der Waals surface area contributed by atoms with E-state index in [0.717, 1.165) is 17.4 Å². The van der Waals surface area contributed by atoms with E-state index in [1.165, 1.54) is 0 Å². The molecule has 1 aromatic carbocycles. The van der Waals surface area contributed by atoms with E-state index in [1.54, 1.807) is 13.0 Å². The van der Waals surface area contributed by atoms with E-state index in [-0.39, 0.29) is 0 Å². The van der Waals surface area contributed by atoms with Crippen LogP contribution in [0.4, 0.5) is 0 Å². The topological polar surface area (TPSA) is 56.0 Å². The fourth-order valence-electron chi connectivity index (χ4n) is 1.32. The van der Waals surface area contributed by atoms with Gasteiger partial charge in [-0.2, -0.15) is 4.98 Å². The summed E-state index contributed by atoms with van der Waals surface area (Å²) in [5.41, 5.74) is 2.38. The Morgan fingerprint density at radius 2 is 2.13 bits per heavy atom. The van der Waals surface area contributed by atoms with Gasteiger partial charge in [-0.15, -0.1) is 0 Å². The zero-order chi connectivity index (χ0) is 10.8. The van der Waals surface area contributed by atoms with Crippen molar-refractivity contribution in [3.05, 3.63) is 35.2 Å². The number of rotatable bonds is 2. The van der Waals surface area contributed by atoms with E-state index in [1.807, 2.05) is 19.1 Å². The number of carbonyl (C=O) groups is 1. The molecule has 0 N–H and O–H groups in total. The van der Waals surface area contributed by atoms with E-state index >= 15 is 0 Å². The molecule has 1 heterocycles. The lowest BCUT2D eigenvalue weighted by atomic mass is 10.1. The van der Waals surface area contributed by atoms with Crippen LogP contribution in [0.3, 0.4) is 0 Å². The molecule has 15 heavy (non-hydrogen) atoms. The maximum atomic E-state index is 10.8. The molecular formula is C11H10N2O2. The normalized spacial score (nSPS) is 10.3. The van der Waals surface area contributed by atoms with Crippen molar-refractivity contribution >= 4 is 6.29 Å². The highest BCUT2D eigenvalue weighted by molar-refractivity contribution is 5.79. The molecule has 0 aliphatic carbocycles. The van der Waals surface area contributed by atoms with Crippen LogP contribution in [0, 0.1) is 13.8 Å². The van der Waals surface area contributed by atoms with E-state index in [4.69, 9.17) is 4.52 Å². The Bertz CT molecular complexity index is 503. The molecule has 2 aromatic rings. The minimum absolute atomic E-state index is 0.510. The van der Waals surface area contributed by atoms with Gasteiger partial charge in [0.25, 0.3) is 0 Å². The fourth-order valence-corrected chi connectivity index (χ4v) is 1.32. The van der Waals surface area contributed by atoms with Gasteiger partial charge in [-0.05, 0) is 18.6 Å². The number of nitrogens with zero attached hydrogens (tertiary/aromatic N) is 2. The number of hydrogen-bond donors (Lipinski definition) is 0. The molecule has 0 saturated carbocycles. The molecule has 4 nitrogen and oxygen atoms in total. The molecule has 0 radical (unpaired) electrons. The number of aromatic nitrogens is 2. The molecule has 0 aliphatic rings. The summed E-state index contributed by atoms with van der Waals surface area (Å²) in [5.74, 6) is 1.02. The molecule has 0 spiro atoms. The minimum Gasteiger partial charge on any atom is -0.339 e. The lowest BCUT2D eigenvalue weighted by molar-refractivity contribution is 0.112. The van der Waals surface area contributed by atoms with E-state index in [0.29, 0.717) is 17.3 Å². The molecule has 1 aromatic heterocycles. The Balaban J connectivity index is 2.50. The molecule has 0 bridgehead atoms. The number of aldehydes is 1. The maximum absolute atomic E-state index is 10.8. The predicted octanol–water partition coefficient (Wildman–Crippen LogP) is 2.17. The van der Waals surface area contributed by atoms with Crippen LogP contribution in [0.5, 0.6) is 0 Å². The Kier molecular flexibility index (Phi) is 2.33. The van der Waals surface area contributed by atoms with Gasteiger partial charge in [0.2, 0.25) is 11.7 Å². The van der Waals surface area contributed by atoms with Crippen LogP contribution >= 0.6 is 0 Å². The first-order chi connectivity index (χ1) is 7.20. The number of hydrogen-bond acceptors (Lipinski definition) is 4. The van der Waals surface area contributed by atoms with E-state index < -0.39 is 0 Å². The van der Waals surface area contributed by atoms with Crippen molar-refractivity contribution in [3.8, 4) is 11.4 Å². The second-order valence-corrected chi connectivity index (χ2v) is 3.33. The first-order valence-corrected chi connectivity index (χ1v) is 4.57. The van der Waals surface area contributed by atoms with Gasteiger partial charge in [0, 0.05) is 18.1 Å². The van der Waals surface area contributed by atoms with Crippen LogP contribution in [-0.4, -0.2) is 16.4 Å². The van der Waals surface area contributed by atoms with Crippen molar-refractivity contribution in [3.63, 3.8) is 0 Å². The largest absolute Gasteiger partial charge is 0.339 e. The van der Waals surface area contributed by atoms with Crippen molar-refractivity contribution in [1.82, 2.24) is 10.1 Å². The summed E-state index contributed by atoms with van der Waals surface area (Å²) in [7, 11) is 0. The van der Waals surface area contributed by atoms with Crippen LogP contribution in [-0.2, 0) is 0 Å². The summed E-state index contributed by atoms with van der Waals surface area (Å²) >= 11 is 0. The zero-order valence-corrected chi connectivity index (χ0v) is 8.52. The van der Waals surface area contributed by atoms with Crippen molar-refractivity contribution in [2.75, 3.05) is 0 Å². The zero-order valence-electron chi connectivity index (χ0n) is 8.52. The standard InChI is InChI=1S/C11H10N2O2/c1-7-3-4-9(5-10(7)6-14)11-12-8(2)15-13-11/h3-6H,1-2H3. The Labute approximate surface area is 86.9 Å². The molecule has 76 valence electrons. The maximum Gasteiger partial charge on any atom is 0.223 e. The van der Waals surface area contributed by atoms with Crippen LogP contribution in [0.2, 0.25) is 0 Å². The highest BCUT2D eigenvalue weighted by atomic mass is 16.5. The SMILES string of the molecule is Cc1nc(-c2ccc(C)c(C=O)c2)no1. The molecule has 0 amide bonds. The van der Waals surface area contributed by atoms with E-state index in [2.05, 4.69) is 10.1 Å². The van der Waals surface area contributed by atoms with Gasteiger partial charge in [-0.1, -0.05) is 17.3 Å². The van der Waals surface area contributed by atoms with Gasteiger partial charge in [0.15, 0.2) is 0 Å². The number of aryl methyl sites for hydroxylation is 2. The second kappa shape index (κ2) is 3.65. The molecular weight excluding hydrogens is 192 g/mol. The highest BCUT2D eigenvalue weighted by Crippen LogP contribution is 2.18. The van der Waals surface area contributed by atoms with Gasteiger partial charge < -0.3 is 4.52 Å². The second-order valence-electron chi connectivity index (χ2n) is 3.33. The van der Waals surface area contributed by atoms with Gasteiger partial charge in [-0.25, -0.2) is 0 Å². The third-order valence-electron chi connectivity index (χ3n) is 2.19. The molecule has 0 aliphatic heterocycles. The summed E-state index contributed by atoms with van der Waals surface area (Å²) in [6.07, 6.45) is 0.825. The van der Waals surface area contributed by atoms with Gasteiger partial charge in [0.1, 0.15) is 6.29 Å². The van der Waals surface area contributed by atoms with E-state index in [9.17, 15) is 4.79 Å². The molecule has 2 rings (SSSR count). The average molecular weight is 202 g/mol. The third-order valence-corrected chi connectivity index (χ3v) is 2.19. The Hall–Kier alpha value is -1.97. The van der Waals surface area contributed by atoms with Gasteiger partial charge >= 0.3 is 0 Å². The lowest BCUT2D eigenvalue weighted by Crippen LogP contribution is -1.88. The van der Waals surface area contributed by atoms with Crippen LogP contribution < -0.4 is 0 Å². The molecule has 4 heteroatoms. The van der Waals surface area contributed by atoms with Gasteiger partial charge in [0.05, 0.1) is 0 Å². The molecule has 0 atom stereocenters. The Morgan fingerprint density at radius 3 is 2.73 bits per heavy atom. The first-order valence-electron chi connectivity index (χ1n) is 4.57. The number of benzene rings is 1. The molecule has 0 unspecified atom stereocenters. The Morgan fingerprint density at radius 1 is 1.33 bits per heavy atom. The highest BCUT2D eigenvalue weighted by Gasteiger charge is 2.07. The first kappa shape index (κ1) is 9.58. The van der Waals surface area contributed by atoms with Crippen molar-refractivity contribution < 1.29 is 9.32 Å².